The molecule has 0 aliphatic rings. The van der Waals surface area contributed by atoms with Crippen LogP contribution in [0.1, 0.15) is 22.8 Å². The van der Waals surface area contributed by atoms with E-state index < -0.39 is 5.82 Å². The van der Waals surface area contributed by atoms with E-state index in [-0.39, 0.29) is 5.78 Å². The molecule has 2 N–H and O–H groups in total. The van der Waals surface area contributed by atoms with Gasteiger partial charge in [-0.25, -0.2) is 4.39 Å². The Bertz CT molecular complexity index is 310. The molecule has 0 spiro atoms. The predicted molar refractivity (Wildman–Crippen MR) is 45.6 cm³/mol. The Kier molecular flexibility index (Phi) is 2.13. The molecular formula is C9H10FNO. The fraction of sp³-hybridized carbons (Fsp3) is 0.222. The van der Waals surface area contributed by atoms with Gasteiger partial charge in [-0.2, -0.15) is 0 Å². The van der Waals surface area contributed by atoms with Crippen LogP contribution in [-0.4, -0.2) is 5.78 Å². The van der Waals surface area contributed by atoms with Crippen molar-refractivity contribution in [3.8, 4) is 0 Å². The molecule has 0 saturated heterocycles. The average Bonchev–Trinajstić information content (AvgIpc) is 1.99. The maximum Gasteiger partial charge on any atom is 0.159 e. The second kappa shape index (κ2) is 2.93. The van der Waals surface area contributed by atoms with Gasteiger partial charge in [0.05, 0.1) is 0 Å². The third kappa shape index (κ3) is 1.44. The third-order valence-electron chi connectivity index (χ3n) is 1.79. The highest BCUT2D eigenvalue weighted by atomic mass is 19.1. The minimum absolute atomic E-state index is 0.180. The molecule has 0 atom stereocenters. The zero-order chi connectivity index (χ0) is 9.30. The van der Waals surface area contributed by atoms with Crippen LogP contribution < -0.4 is 5.73 Å². The van der Waals surface area contributed by atoms with E-state index in [9.17, 15) is 9.18 Å². The molecule has 3 heteroatoms. The molecule has 1 aromatic carbocycles. The molecule has 0 aromatic heterocycles. The summed E-state index contributed by atoms with van der Waals surface area (Å²) in [6.07, 6.45) is 0. The Labute approximate surface area is 70.2 Å². The molecule has 12 heavy (non-hydrogen) atoms. The van der Waals surface area contributed by atoms with Crippen LogP contribution in [0.5, 0.6) is 0 Å². The molecule has 2 nitrogen and oxygen atoms in total. The van der Waals surface area contributed by atoms with Crippen LogP contribution >= 0.6 is 0 Å². The fourth-order valence-electron chi connectivity index (χ4n) is 0.903. The van der Waals surface area contributed by atoms with Crippen LogP contribution in [0.4, 0.5) is 10.1 Å². The molecule has 0 unspecified atom stereocenters. The monoisotopic (exact) mass is 167 g/mol. The molecule has 64 valence electrons. The summed E-state index contributed by atoms with van der Waals surface area (Å²) in [4.78, 5) is 10.8. The van der Waals surface area contributed by atoms with Crippen molar-refractivity contribution in [1.82, 2.24) is 0 Å². The number of anilines is 1. The molecule has 0 aliphatic heterocycles. The molecule has 1 aromatic rings. The van der Waals surface area contributed by atoms with Crippen LogP contribution in [0.3, 0.4) is 0 Å². The van der Waals surface area contributed by atoms with Crippen molar-refractivity contribution in [3.63, 3.8) is 0 Å². The molecule has 1 rings (SSSR count). The van der Waals surface area contributed by atoms with Crippen LogP contribution in [0.2, 0.25) is 0 Å². The molecule has 0 bridgehead atoms. The minimum atomic E-state index is -0.430. The first kappa shape index (κ1) is 8.71. The Morgan fingerprint density at radius 2 is 2.08 bits per heavy atom. The van der Waals surface area contributed by atoms with Crippen molar-refractivity contribution in [2.24, 2.45) is 0 Å². The molecule has 0 radical (unpaired) electrons. The number of nitrogen functional groups attached to an aromatic ring is 1. The lowest BCUT2D eigenvalue weighted by Gasteiger charge is -2.03. The highest BCUT2D eigenvalue weighted by molar-refractivity contribution is 5.95. The maximum absolute atomic E-state index is 13.0. The topological polar surface area (TPSA) is 43.1 Å². The van der Waals surface area contributed by atoms with E-state index in [0.29, 0.717) is 16.8 Å². The number of ketones is 1. The largest absolute Gasteiger partial charge is 0.398 e. The smallest absolute Gasteiger partial charge is 0.159 e. The molecule has 0 amide bonds. The van der Waals surface area contributed by atoms with Crippen molar-refractivity contribution in [1.29, 1.82) is 0 Å². The second-order valence-electron chi connectivity index (χ2n) is 2.73. The first-order valence-electron chi connectivity index (χ1n) is 3.59. The number of nitrogens with two attached hydrogens (primary N) is 1. The van der Waals surface area contributed by atoms with E-state index in [4.69, 9.17) is 5.73 Å². The number of rotatable bonds is 1. The molecule has 0 heterocycles. The zero-order valence-electron chi connectivity index (χ0n) is 7.02. The molecule has 0 fully saturated rings. The van der Waals surface area contributed by atoms with Gasteiger partial charge in [-0.1, -0.05) is 0 Å². The van der Waals surface area contributed by atoms with Gasteiger partial charge in [0.15, 0.2) is 5.78 Å². The highest BCUT2D eigenvalue weighted by Crippen LogP contribution is 2.17. The lowest BCUT2D eigenvalue weighted by molar-refractivity contribution is 0.101. The summed E-state index contributed by atoms with van der Waals surface area (Å²) in [6, 6.07) is 2.69. The van der Waals surface area contributed by atoms with Gasteiger partial charge in [0.25, 0.3) is 0 Å². The predicted octanol–water partition coefficient (Wildman–Crippen LogP) is 1.92. The summed E-state index contributed by atoms with van der Waals surface area (Å²) in [6.45, 7) is 2.96. The molecular weight excluding hydrogens is 157 g/mol. The lowest BCUT2D eigenvalue weighted by Crippen LogP contribution is -1.99. The standard InChI is InChI=1S/C9H10FNO/c1-5-8(10)3-7(6(2)12)4-9(5)11/h3-4H,11H2,1-2H3. The summed E-state index contributed by atoms with van der Waals surface area (Å²) in [5, 5.41) is 0. The SMILES string of the molecule is CC(=O)c1cc(N)c(C)c(F)c1. The average molecular weight is 167 g/mol. The van der Waals surface area contributed by atoms with Crippen molar-refractivity contribution >= 4 is 11.5 Å². The van der Waals surface area contributed by atoms with Gasteiger partial charge in [-0.05, 0) is 26.0 Å². The van der Waals surface area contributed by atoms with Crippen LogP contribution in [0.25, 0.3) is 0 Å². The third-order valence-corrected chi connectivity index (χ3v) is 1.79. The number of hydrogen-bond acceptors (Lipinski definition) is 2. The van der Waals surface area contributed by atoms with E-state index in [2.05, 4.69) is 0 Å². The Balaban J connectivity index is 3.31. The number of Topliss-reactive ketones (excluding diaryl/α,β-unsaturated/α-hetero) is 1. The summed E-state index contributed by atoms with van der Waals surface area (Å²) < 4.78 is 13.0. The van der Waals surface area contributed by atoms with Gasteiger partial charge in [0.2, 0.25) is 0 Å². The Morgan fingerprint density at radius 3 is 2.50 bits per heavy atom. The lowest BCUT2D eigenvalue weighted by atomic mass is 10.1. The van der Waals surface area contributed by atoms with Crippen molar-refractivity contribution in [3.05, 3.63) is 29.1 Å². The van der Waals surface area contributed by atoms with E-state index in [1.54, 1.807) is 6.92 Å². The van der Waals surface area contributed by atoms with E-state index in [1.807, 2.05) is 0 Å². The number of carbonyl (C=O) groups excluding carboxylic acids is 1. The second-order valence-corrected chi connectivity index (χ2v) is 2.73. The van der Waals surface area contributed by atoms with Crippen molar-refractivity contribution in [2.45, 2.75) is 13.8 Å². The minimum Gasteiger partial charge on any atom is -0.398 e. The number of carbonyl (C=O) groups is 1. The summed E-state index contributed by atoms with van der Waals surface area (Å²) in [5.41, 5.74) is 6.49. The Morgan fingerprint density at radius 1 is 1.50 bits per heavy atom. The van der Waals surface area contributed by atoms with Gasteiger partial charge in [0.1, 0.15) is 5.82 Å². The summed E-state index contributed by atoms with van der Waals surface area (Å²) in [7, 11) is 0. The number of halogens is 1. The normalized spacial score (nSPS) is 9.92. The van der Waals surface area contributed by atoms with Gasteiger partial charge >= 0.3 is 0 Å². The maximum atomic E-state index is 13.0. The first-order chi connectivity index (χ1) is 5.52. The quantitative estimate of drug-likeness (QED) is 0.513. The Hall–Kier alpha value is -1.38. The molecule has 0 saturated carbocycles. The summed E-state index contributed by atoms with van der Waals surface area (Å²) in [5.74, 6) is -0.610. The van der Waals surface area contributed by atoms with E-state index in [0.717, 1.165) is 0 Å². The number of benzene rings is 1. The van der Waals surface area contributed by atoms with Gasteiger partial charge in [0, 0.05) is 16.8 Å². The van der Waals surface area contributed by atoms with Crippen molar-refractivity contribution in [2.75, 3.05) is 5.73 Å². The molecule has 0 aliphatic carbocycles. The van der Waals surface area contributed by atoms with E-state index >= 15 is 0 Å². The van der Waals surface area contributed by atoms with Crippen LogP contribution in [0, 0.1) is 12.7 Å². The van der Waals surface area contributed by atoms with Crippen LogP contribution in [0.15, 0.2) is 12.1 Å². The van der Waals surface area contributed by atoms with Crippen molar-refractivity contribution < 1.29 is 9.18 Å². The zero-order valence-corrected chi connectivity index (χ0v) is 7.02. The number of hydrogen-bond donors (Lipinski definition) is 1. The highest BCUT2D eigenvalue weighted by Gasteiger charge is 2.06. The van der Waals surface area contributed by atoms with E-state index in [1.165, 1.54) is 19.1 Å². The fourth-order valence-corrected chi connectivity index (χ4v) is 0.903. The van der Waals surface area contributed by atoms with Gasteiger partial charge < -0.3 is 5.73 Å². The summed E-state index contributed by atoms with van der Waals surface area (Å²) >= 11 is 0. The van der Waals surface area contributed by atoms with Gasteiger partial charge in [-0.15, -0.1) is 0 Å². The van der Waals surface area contributed by atoms with Crippen LogP contribution in [-0.2, 0) is 0 Å². The first-order valence-corrected chi connectivity index (χ1v) is 3.59. The van der Waals surface area contributed by atoms with Gasteiger partial charge in [-0.3, -0.25) is 4.79 Å².